The Morgan fingerprint density at radius 3 is 2.45 bits per heavy atom. The molecule has 2 aromatic rings. The summed E-state index contributed by atoms with van der Waals surface area (Å²) in [5, 5.41) is 2.35. The Balaban J connectivity index is 1.22. The molecule has 0 atom stereocenters. The molecule has 1 saturated heterocycles. The number of hydrogen-bond donors (Lipinski definition) is 1. The number of rotatable bonds is 6. The lowest BCUT2D eigenvalue weighted by atomic mass is 10.1. The number of nitrogens with zero attached hydrogens (tertiary/aromatic N) is 2. The van der Waals surface area contributed by atoms with Gasteiger partial charge in [0.05, 0.1) is 17.8 Å². The highest BCUT2D eigenvalue weighted by molar-refractivity contribution is 5.93. The number of piperazine rings is 1. The third-order valence-electron chi connectivity index (χ3n) is 5.66. The smallest absolute Gasteiger partial charge is 0.418 e. The van der Waals surface area contributed by atoms with E-state index in [4.69, 9.17) is 9.47 Å². The van der Waals surface area contributed by atoms with Crippen molar-refractivity contribution in [1.82, 2.24) is 9.80 Å². The van der Waals surface area contributed by atoms with E-state index in [0.29, 0.717) is 50.5 Å². The van der Waals surface area contributed by atoms with Gasteiger partial charge in [-0.2, -0.15) is 13.2 Å². The van der Waals surface area contributed by atoms with Gasteiger partial charge in [-0.1, -0.05) is 18.2 Å². The maximum absolute atomic E-state index is 13.1. The van der Waals surface area contributed by atoms with Crippen molar-refractivity contribution in [2.24, 2.45) is 0 Å². The lowest BCUT2D eigenvalue weighted by Gasteiger charge is -2.34. The van der Waals surface area contributed by atoms with Gasteiger partial charge in [0.25, 0.3) is 0 Å². The fourth-order valence-electron chi connectivity index (χ4n) is 3.89. The Bertz CT molecular complexity index is 1020. The SMILES string of the molecule is O=C(CN1CCN(C(=O)CCc2ccc3c(c2)OCO3)CC1)Nc1ccccc1C(F)(F)F. The minimum atomic E-state index is -4.55. The number of ether oxygens (including phenoxy) is 2. The average Bonchev–Trinajstić information content (AvgIpc) is 3.25. The summed E-state index contributed by atoms with van der Waals surface area (Å²) < 4.78 is 49.9. The maximum Gasteiger partial charge on any atom is 0.418 e. The second-order valence-electron chi connectivity index (χ2n) is 7.94. The van der Waals surface area contributed by atoms with Gasteiger partial charge in [-0.05, 0) is 36.2 Å². The van der Waals surface area contributed by atoms with Crippen LogP contribution in [-0.4, -0.2) is 61.1 Å². The molecule has 1 fully saturated rings. The molecule has 0 saturated carbocycles. The van der Waals surface area contributed by atoms with Crippen molar-refractivity contribution in [2.75, 3.05) is 44.8 Å². The Labute approximate surface area is 189 Å². The second-order valence-corrected chi connectivity index (χ2v) is 7.94. The van der Waals surface area contributed by atoms with Gasteiger partial charge in [0.1, 0.15) is 0 Å². The second kappa shape index (κ2) is 9.70. The molecule has 33 heavy (non-hydrogen) atoms. The van der Waals surface area contributed by atoms with Gasteiger partial charge >= 0.3 is 6.18 Å². The van der Waals surface area contributed by atoms with E-state index in [1.54, 1.807) is 4.90 Å². The van der Waals surface area contributed by atoms with Crippen LogP contribution < -0.4 is 14.8 Å². The quantitative estimate of drug-likeness (QED) is 0.713. The van der Waals surface area contributed by atoms with Crippen molar-refractivity contribution < 1.29 is 32.2 Å². The molecular weight excluding hydrogens is 439 g/mol. The molecule has 0 aromatic heterocycles. The number of amides is 2. The first kappa shape index (κ1) is 22.9. The number of carbonyl (C=O) groups is 2. The van der Waals surface area contributed by atoms with Gasteiger partial charge in [0.15, 0.2) is 11.5 Å². The van der Waals surface area contributed by atoms with Gasteiger partial charge in [-0.3, -0.25) is 14.5 Å². The fourth-order valence-corrected chi connectivity index (χ4v) is 3.89. The van der Waals surface area contributed by atoms with Crippen molar-refractivity contribution in [3.8, 4) is 11.5 Å². The molecule has 176 valence electrons. The van der Waals surface area contributed by atoms with Crippen LogP contribution in [0.1, 0.15) is 17.5 Å². The van der Waals surface area contributed by atoms with Crippen molar-refractivity contribution in [2.45, 2.75) is 19.0 Å². The lowest BCUT2D eigenvalue weighted by Crippen LogP contribution is -2.50. The van der Waals surface area contributed by atoms with Crippen molar-refractivity contribution in [3.63, 3.8) is 0 Å². The van der Waals surface area contributed by atoms with Crippen LogP contribution >= 0.6 is 0 Å². The van der Waals surface area contributed by atoms with Gasteiger partial charge in [0, 0.05) is 32.6 Å². The van der Waals surface area contributed by atoms with Gasteiger partial charge < -0.3 is 19.7 Å². The minimum Gasteiger partial charge on any atom is -0.454 e. The fraction of sp³-hybridized carbons (Fsp3) is 0.391. The molecule has 0 unspecified atom stereocenters. The van der Waals surface area contributed by atoms with Crippen LogP contribution in [0.3, 0.4) is 0 Å². The molecule has 2 aromatic carbocycles. The van der Waals surface area contributed by atoms with E-state index in [1.165, 1.54) is 18.2 Å². The van der Waals surface area contributed by atoms with Gasteiger partial charge in [0.2, 0.25) is 18.6 Å². The van der Waals surface area contributed by atoms with E-state index >= 15 is 0 Å². The largest absolute Gasteiger partial charge is 0.454 e. The van der Waals surface area contributed by atoms with Gasteiger partial charge in [-0.15, -0.1) is 0 Å². The predicted octanol–water partition coefficient (Wildman–Crippen LogP) is 3.15. The monoisotopic (exact) mass is 463 g/mol. The summed E-state index contributed by atoms with van der Waals surface area (Å²) >= 11 is 0. The molecular formula is C23H24F3N3O4. The molecule has 0 spiro atoms. The first-order chi connectivity index (χ1) is 15.8. The molecule has 0 bridgehead atoms. The van der Waals surface area contributed by atoms with E-state index in [2.05, 4.69) is 5.32 Å². The van der Waals surface area contributed by atoms with Crippen LogP contribution in [0.15, 0.2) is 42.5 Å². The molecule has 10 heteroatoms. The topological polar surface area (TPSA) is 71.1 Å². The normalized spacial score (nSPS) is 16.0. The number of anilines is 1. The Morgan fingerprint density at radius 2 is 1.70 bits per heavy atom. The van der Waals surface area contributed by atoms with E-state index in [-0.39, 0.29) is 24.9 Å². The molecule has 7 nitrogen and oxygen atoms in total. The zero-order valence-corrected chi connectivity index (χ0v) is 17.9. The Morgan fingerprint density at radius 1 is 0.970 bits per heavy atom. The van der Waals surface area contributed by atoms with E-state index in [0.717, 1.165) is 11.6 Å². The maximum atomic E-state index is 13.1. The highest BCUT2D eigenvalue weighted by Crippen LogP contribution is 2.34. The Kier molecular flexibility index (Phi) is 6.73. The Hall–Kier alpha value is -3.27. The summed E-state index contributed by atoms with van der Waals surface area (Å²) in [5.41, 5.74) is -0.148. The number of benzene rings is 2. The molecule has 4 rings (SSSR count). The highest BCUT2D eigenvalue weighted by Gasteiger charge is 2.33. The summed E-state index contributed by atoms with van der Waals surface area (Å²) in [6, 6.07) is 10.5. The average molecular weight is 463 g/mol. The first-order valence-corrected chi connectivity index (χ1v) is 10.6. The minimum absolute atomic E-state index is 0.0240. The third-order valence-corrected chi connectivity index (χ3v) is 5.66. The van der Waals surface area contributed by atoms with Crippen molar-refractivity contribution in [3.05, 3.63) is 53.6 Å². The number of alkyl halides is 3. The van der Waals surface area contributed by atoms with E-state index in [9.17, 15) is 22.8 Å². The lowest BCUT2D eigenvalue weighted by molar-refractivity contribution is -0.137. The first-order valence-electron chi connectivity index (χ1n) is 10.6. The summed E-state index contributed by atoms with van der Waals surface area (Å²) in [6.45, 7) is 2.05. The standard InChI is InChI=1S/C23H24F3N3O4/c24-23(25,26)17-3-1-2-4-18(17)27-21(30)14-28-9-11-29(12-10-28)22(31)8-6-16-5-7-19-20(13-16)33-15-32-19/h1-5,7,13H,6,8-12,14-15H2,(H,27,30). The molecule has 2 amide bonds. The summed E-state index contributed by atoms with van der Waals surface area (Å²) in [4.78, 5) is 28.4. The zero-order chi connectivity index (χ0) is 23.4. The highest BCUT2D eigenvalue weighted by atomic mass is 19.4. The van der Waals surface area contributed by atoms with Crippen molar-refractivity contribution in [1.29, 1.82) is 0 Å². The number of carbonyl (C=O) groups excluding carboxylic acids is 2. The van der Waals surface area contributed by atoms with E-state index < -0.39 is 17.6 Å². The van der Waals surface area contributed by atoms with Crippen LogP contribution in [0.2, 0.25) is 0 Å². The third kappa shape index (κ3) is 5.75. The predicted molar refractivity (Wildman–Crippen MR) is 114 cm³/mol. The van der Waals surface area contributed by atoms with Crippen molar-refractivity contribution >= 4 is 17.5 Å². The van der Waals surface area contributed by atoms with Gasteiger partial charge in [-0.25, -0.2) is 0 Å². The number of fused-ring (bicyclic) bond motifs is 1. The molecule has 0 radical (unpaired) electrons. The molecule has 1 N–H and O–H groups in total. The van der Waals surface area contributed by atoms with Crippen LogP contribution in [0, 0.1) is 0 Å². The summed E-state index contributed by atoms with van der Waals surface area (Å²) in [6.07, 6.45) is -3.61. The number of nitrogens with one attached hydrogen (secondary N) is 1. The molecule has 2 aliphatic rings. The van der Waals surface area contributed by atoms with E-state index in [1.807, 2.05) is 23.1 Å². The number of aryl methyl sites for hydroxylation is 1. The molecule has 2 aliphatic heterocycles. The zero-order valence-electron chi connectivity index (χ0n) is 17.9. The molecule has 2 heterocycles. The van der Waals surface area contributed by atoms with Crippen LogP contribution in [0.4, 0.5) is 18.9 Å². The number of halogens is 3. The summed E-state index contributed by atoms with van der Waals surface area (Å²) in [7, 11) is 0. The number of hydrogen-bond acceptors (Lipinski definition) is 5. The molecule has 0 aliphatic carbocycles. The van der Waals surface area contributed by atoms with Crippen LogP contribution in [0.25, 0.3) is 0 Å². The number of para-hydroxylation sites is 1. The van der Waals surface area contributed by atoms with Crippen LogP contribution in [0.5, 0.6) is 11.5 Å². The summed E-state index contributed by atoms with van der Waals surface area (Å²) in [5.74, 6) is 0.891. The van der Waals surface area contributed by atoms with Crippen LogP contribution in [-0.2, 0) is 22.2 Å².